The molecule has 1 N–H and O–H groups in total. The Morgan fingerprint density at radius 3 is 2.50 bits per heavy atom. The number of likely N-dealkylation sites (N-methyl/N-ethyl adjacent to an activating group) is 1. The number of hydrogen-bond acceptors (Lipinski definition) is 3. The standard InChI is InChI=1S/C11H14N2O4S/c1-8-9(11(14)15)4-3-5-10(8)13-7-6-12(2)18(13,16)17/h3-5H,6-7H2,1-2H3,(H,14,15). The van der Waals surface area contributed by atoms with E-state index in [0.717, 1.165) is 0 Å². The molecule has 2 rings (SSSR count). The van der Waals surface area contributed by atoms with Crippen molar-refractivity contribution in [1.82, 2.24) is 4.31 Å². The van der Waals surface area contributed by atoms with E-state index in [9.17, 15) is 13.2 Å². The van der Waals surface area contributed by atoms with Gasteiger partial charge in [0.15, 0.2) is 0 Å². The fourth-order valence-corrected chi connectivity index (χ4v) is 3.41. The van der Waals surface area contributed by atoms with E-state index in [4.69, 9.17) is 5.11 Å². The lowest BCUT2D eigenvalue weighted by molar-refractivity contribution is 0.0696. The molecular weight excluding hydrogens is 256 g/mol. The van der Waals surface area contributed by atoms with Crippen LogP contribution in [0.4, 0.5) is 5.69 Å². The summed E-state index contributed by atoms with van der Waals surface area (Å²) in [4.78, 5) is 11.0. The smallest absolute Gasteiger partial charge is 0.336 e. The second kappa shape index (κ2) is 4.25. The van der Waals surface area contributed by atoms with E-state index >= 15 is 0 Å². The van der Waals surface area contributed by atoms with Crippen molar-refractivity contribution in [3.63, 3.8) is 0 Å². The topological polar surface area (TPSA) is 77.9 Å². The molecule has 0 saturated carbocycles. The third-order valence-electron chi connectivity index (χ3n) is 3.09. The maximum absolute atomic E-state index is 12.0. The lowest BCUT2D eigenvalue weighted by atomic mass is 10.1. The Balaban J connectivity index is 2.54. The zero-order chi connectivity index (χ0) is 13.5. The zero-order valence-corrected chi connectivity index (χ0v) is 10.9. The van der Waals surface area contributed by atoms with Gasteiger partial charge in [-0.05, 0) is 24.6 Å². The second-order valence-electron chi connectivity index (χ2n) is 4.16. The van der Waals surface area contributed by atoms with Crippen LogP contribution >= 0.6 is 0 Å². The lowest BCUT2D eigenvalue weighted by Gasteiger charge is -2.20. The highest BCUT2D eigenvalue weighted by Crippen LogP contribution is 2.29. The van der Waals surface area contributed by atoms with Crippen molar-refractivity contribution in [3.8, 4) is 0 Å². The summed E-state index contributed by atoms with van der Waals surface area (Å²) in [5.41, 5.74) is 1.01. The van der Waals surface area contributed by atoms with E-state index in [-0.39, 0.29) is 5.56 Å². The van der Waals surface area contributed by atoms with Gasteiger partial charge < -0.3 is 5.11 Å². The van der Waals surface area contributed by atoms with E-state index in [2.05, 4.69) is 0 Å². The van der Waals surface area contributed by atoms with Crippen LogP contribution in [0.3, 0.4) is 0 Å². The van der Waals surface area contributed by atoms with Crippen LogP contribution in [-0.2, 0) is 10.2 Å². The van der Waals surface area contributed by atoms with Crippen LogP contribution in [0.1, 0.15) is 15.9 Å². The summed E-state index contributed by atoms with van der Waals surface area (Å²) in [6.45, 7) is 2.36. The number of aromatic carboxylic acids is 1. The van der Waals surface area contributed by atoms with Crippen molar-refractivity contribution in [3.05, 3.63) is 29.3 Å². The van der Waals surface area contributed by atoms with Crippen molar-refractivity contribution >= 4 is 21.9 Å². The Kier molecular flexibility index (Phi) is 3.04. The molecule has 1 saturated heterocycles. The Morgan fingerprint density at radius 2 is 2.00 bits per heavy atom. The Bertz CT molecular complexity index is 597. The van der Waals surface area contributed by atoms with Crippen molar-refractivity contribution in [2.24, 2.45) is 0 Å². The molecule has 0 aliphatic carbocycles. The summed E-state index contributed by atoms with van der Waals surface area (Å²) in [6.07, 6.45) is 0. The van der Waals surface area contributed by atoms with Gasteiger partial charge in [0.2, 0.25) is 0 Å². The second-order valence-corrected chi connectivity index (χ2v) is 6.12. The average Bonchev–Trinajstić information content (AvgIpc) is 2.54. The Labute approximate surface area is 106 Å². The quantitative estimate of drug-likeness (QED) is 0.857. The Hall–Kier alpha value is -1.60. The van der Waals surface area contributed by atoms with E-state index in [1.165, 1.54) is 21.7 Å². The molecule has 1 heterocycles. The maximum atomic E-state index is 12.0. The maximum Gasteiger partial charge on any atom is 0.336 e. The number of hydrogen-bond donors (Lipinski definition) is 1. The molecule has 1 aliphatic rings. The van der Waals surface area contributed by atoms with Crippen LogP contribution in [0.5, 0.6) is 0 Å². The predicted octanol–water partition coefficient (Wildman–Crippen LogP) is 0.690. The summed E-state index contributed by atoms with van der Waals surface area (Å²) in [7, 11) is -2.00. The van der Waals surface area contributed by atoms with Crippen molar-refractivity contribution < 1.29 is 18.3 Å². The minimum atomic E-state index is -3.51. The highest BCUT2D eigenvalue weighted by atomic mass is 32.2. The van der Waals surface area contributed by atoms with E-state index < -0.39 is 16.2 Å². The highest BCUT2D eigenvalue weighted by Gasteiger charge is 2.35. The number of carbonyl (C=O) groups is 1. The van der Waals surface area contributed by atoms with Gasteiger partial charge in [0, 0.05) is 20.1 Å². The Morgan fingerprint density at radius 1 is 1.33 bits per heavy atom. The van der Waals surface area contributed by atoms with Crippen LogP contribution in [0.15, 0.2) is 18.2 Å². The summed E-state index contributed by atoms with van der Waals surface area (Å²) >= 11 is 0. The SMILES string of the molecule is Cc1c(C(=O)O)cccc1N1CCN(C)S1(=O)=O. The first-order chi connectivity index (χ1) is 8.35. The molecule has 0 amide bonds. The van der Waals surface area contributed by atoms with Gasteiger partial charge >= 0.3 is 16.2 Å². The van der Waals surface area contributed by atoms with Gasteiger partial charge in [0.25, 0.3) is 0 Å². The van der Waals surface area contributed by atoms with E-state index in [0.29, 0.717) is 24.3 Å². The fourth-order valence-electron chi connectivity index (χ4n) is 2.00. The molecular formula is C11H14N2O4S. The number of rotatable bonds is 2. The van der Waals surface area contributed by atoms with Gasteiger partial charge in [0.05, 0.1) is 11.3 Å². The van der Waals surface area contributed by atoms with E-state index in [1.54, 1.807) is 19.1 Å². The van der Waals surface area contributed by atoms with Gasteiger partial charge in [-0.25, -0.2) is 4.79 Å². The molecule has 0 bridgehead atoms. The molecule has 1 fully saturated rings. The predicted molar refractivity (Wildman–Crippen MR) is 67.0 cm³/mol. The fraction of sp³-hybridized carbons (Fsp3) is 0.364. The molecule has 0 aromatic heterocycles. The van der Waals surface area contributed by atoms with Gasteiger partial charge in [-0.15, -0.1) is 0 Å². The first kappa shape index (κ1) is 12.8. The first-order valence-corrected chi connectivity index (χ1v) is 6.82. The number of carboxylic acids is 1. The zero-order valence-electron chi connectivity index (χ0n) is 10.1. The van der Waals surface area contributed by atoms with Gasteiger partial charge in [-0.3, -0.25) is 4.31 Å². The summed E-state index contributed by atoms with van der Waals surface area (Å²) in [5.74, 6) is -1.06. The third-order valence-corrected chi connectivity index (χ3v) is 5.00. The van der Waals surface area contributed by atoms with Crippen molar-refractivity contribution in [2.75, 3.05) is 24.4 Å². The summed E-state index contributed by atoms with van der Waals surface area (Å²) in [5, 5.41) is 9.04. The minimum Gasteiger partial charge on any atom is -0.478 e. The number of nitrogens with zero attached hydrogens (tertiary/aromatic N) is 2. The van der Waals surface area contributed by atoms with Crippen molar-refractivity contribution in [2.45, 2.75) is 6.92 Å². The van der Waals surface area contributed by atoms with Crippen LogP contribution in [-0.4, -0.2) is 43.9 Å². The van der Waals surface area contributed by atoms with Gasteiger partial charge in [0.1, 0.15) is 0 Å². The molecule has 0 spiro atoms. The van der Waals surface area contributed by atoms with Crippen LogP contribution in [0, 0.1) is 6.92 Å². The monoisotopic (exact) mass is 270 g/mol. The molecule has 0 atom stereocenters. The molecule has 98 valence electrons. The minimum absolute atomic E-state index is 0.122. The lowest BCUT2D eigenvalue weighted by Crippen LogP contribution is -2.31. The van der Waals surface area contributed by atoms with Gasteiger partial charge in [-0.1, -0.05) is 6.07 Å². The summed E-state index contributed by atoms with van der Waals surface area (Å²) in [6, 6.07) is 4.64. The van der Waals surface area contributed by atoms with Crippen LogP contribution in [0.25, 0.3) is 0 Å². The largest absolute Gasteiger partial charge is 0.478 e. The normalized spacial score (nSPS) is 19.1. The number of anilines is 1. The summed E-state index contributed by atoms with van der Waals surface area (Å²) < 4.78 is 26.6. The van der Waals surface area contributed by atoms with E-state index in [1.807, 2.05) is 0 Å². The van der Waals surface area contributed by atoms with Crippen LogP contribution < -0.4 is 4.31 Å². The average molecular weight is 270 g/mol. The number of benzene rings is 1. The molecule has 0 radical (unpaired) electrons. The first-order valence-electron chi connectivity index (χ1n) is 5.42. The van der Waals surface area contributed by atoms with Gasteiger partial charge in [-0.2, -0.15) is 12.7 Å². The molecule has 7 heteroatoms. The molecule has 1 aliphatic heterocycles. The molecule has 18 heavy (non-hydrogen) atoms. The highest BCUT2D eigenvalue weighted by molar-refractivity contribution is 7.90. The molecule has 1 aromatic rings. The van der Waals surface area contributed by atoms with Crippen LogP contribution in [0.2, 0.25) is 0 Å². The number of carboxylic acid groups (broad SMARTS) is 1. The van der Waals surface area contributed by atoms with Crippen molar-refractivity contribution in [1.29, 1.82) is 0 Å². The third kappa shape index (κ3) is 1.85. The molecule has 1 aromatic carbocycles. The molecule has 0 unspecified atom stereocenters. The molecule has 6 nitrogen and oxygen atoms in total.